The van der Waals surface area contributed by atoms with E-state index in [0.717, 1.165) is 15.8 Å². The molecule has 0 spiro atoms. The van der Waals surface area contributed by atoms with Crippen LogP contribution in [0.2, 0.25) is 0 Å². The fourth-order valence-electron chi connectivity index (χ4n) is 2.80. The molecule has 3 rings (SSSR count). The van der Waals surface area contributed by atoms with Crippen molar-refractivity contribution in [3.63, 3.8) is 0 Å². The van der Waals surface area contributed by atoms with E-state index in [1.165, 1.54) is 23.5 Å². The second-order valence-electron chi connectivity index (χ2n) is 6.31. The molecular weight excluding hydrogens is 378 g/mol. The zero-order valence-electron chi connectivity index (χ0n) is 15.8. The Morgan fingerprint density at radius 3 is 2.68 bits per heavy atom. The van der Waals surface area contributed by atoms with E-state index in [1.807, 2.05) is 42.7 Å². The van der Waals surface area contributed by atoms with Gasteiger partial charge in [-0.2, -0.15) is 4.99 Å². The van der Waals surface area contributed by atoms with Crippen LogP contribution in [0, 0.1) is 17.0 Å². The van der Waals surface area contributed by atoms with Crippen molar-refractivity contribution in [2.45, 2.75) is 26.8 Å². The Labute approximate surface area is 166 Å². The molecule has 0 aliphatic rings. The lowest BCUT2D eigenvalue weighted by molar-refractivity contribution is -0.384. The van der Waals surface area contributed by atoms with Crippen LogP contribution in [0.1, 0.15) is 18.1 Å². The number of nitro groups is 1. The van der Waals surface area contributed by atoms with Crippen LogP contribution in [0.4, 0.5) is 5.69 Å². The quantitative estimate of drug-likeness (QED) is 0.345. The lowest BCUT2D eigenvalue weighted by Crippen LogP contribution is -2.20. The molecule has 0 aliphatic carbocycles. The van der Waals surface area contributed by atoms with Crippen LogP contribution in [0.5, 0.6) is 0 Å². The summed E-state index contributed by atoms with van der Waals surface area (Å²) in [6, 6.07) is 12.4. The van der Waals surface area contributed by atoms with Gasteiger partial charge < -0.3 is 9.30 Å². The fraction of sp³-hybridized carbons (Fsp3) is 0.300. The number of hydrogen-bond donors (Lipinski definition) is 0. The van der Waals surface area contributed by atoms with E-state index in [2.05, 4.69) is 4.99 Å². The van der Waals surface area contributed by atoms with Gasteiger partial charge in [-0.15, -0.1) is 0 Å². The van der Waals surface area contributed by atoms with E-state index in [9.17, 15) is 14.9 Å². The number of nitro benzene ring substituents is 1. The summed E-state index contributed by atoms with van der Waals surface area (Å²) in [6.07, 6.45) is 0.208. The zero-order valence-corrected chi connectivity index (χ0v) is 16.6. The Hall–Kier alpha value is -2.84. The number of amides is 1. The number of ether oxygens (including phenoxy) is 1. The van der Waals surface area contributed by atoms with Gasteiger partial charge in [-0.05, 0) is 25.5 Å². The molecular formula is C20H21N3O4S. The van der Waals surface area contributed by atoms with Gasteiger partial charge in [0.25, 0.3) is 11.6 Å². The molecule has 0 unspecified atom stereocenters. The van der Waals surface area contributed by atoms with Gasteiger partial charge in [-0.1, -0.05) is 41.2 Å². The molecule has 2 aromatic carbocycles. The van der Waals surface area contributed by atoms with Crippen molar-refractivity contribution in [2.75, 3.05) is 13.2 Å². The maximum atomic E-state index is 12.5. The van der Waals surface area contributed by atoms with Gasteiger partial charge in [0.05, 0.1) is 28.2 Å². The van der Waals surface area contributed by atoms with Crippen molar-refractivity contribution in [3.8, 4) is 0 Å². The summed E-state index contributed by atoms with van der Waals surface area (Å²) in [5.41, 5.74) is 2.72. The maximum Gasteiger partial charge on any atom is 0.271 e. The molecule has 1 amide bonds. The summed E-state index contributed by atoms with van der Waals surface area (Å²) in [5, 5.41) is 11.1. The molecule has 1 aromatic heterocycles. The summed E-state index contributed by atoms with van der Waals surface area (Å²) in [6.45, 7) is 5.36. The second-order valence-corrected chi connectivity index (χ2v) is 7.32. The number of thiazole rings is 1. The highest BCUT2D eigenvalue weighted by molar-refractivity contribution is 7.16. The van der Waals surface area contributed by atoms with Crippen LogP contribution in [0.15, 0.2) is 47.5 Å². The molecule has 8 heteroatoms. The first-order valence-corrected chi connectivity index (χ1v) is 9.78. The van der Waals surface area contributed by atoms with Gasteiger partial charge in [-0.3, -0.25) is 14.9 Å². The summed E-state index contributed by atoms with van der Waals surface area (Å²) in [4.78, 5) is 28.0. The molecule has 3 aromatic rings. The van der Waals surface area contributed by atoms with Crippen LogP contribution in [0.3, 0.4) is 0 Å². The van der Waals surface area contributed by atoms with Crippen LogP contribution in [-0.4, -0.2) is 28.6 Å². The third-order valence-corrected chi connectivity index (χ3v) is 5.30. The number of rotatable bonds is 7. The number of non-ortho nitro benzene ring substituents is 1. The minimum atomic E-state index is -0.427. The number of benzene rings is 2. The first-order valence-electron chi connectivity index (χ1n) is 8.96. The SMILES string of the molecule is CCOCCn1c(=NC(=O)Cc2ccc(C)cc2)sc2ccc([N+](=O)[O-])cc21. The van der Waals surface area contributed by atoms with E-state index in [-0.39, 0.29) is 18.0 Å². The zero-order chi connectivity index (χ0) is 20.1. The third-order valence-electron chi connectivity index (χ3n) is 4.24. The summed E-state index contributed by atoms with van der Waals surface area (Å²) < 4.78 is 8.08. The molecule has 0 N–H and O–H groups in total. The molecule has 0 saturated heterocycles. The van der Waals surface area contributed by atoms with E-state index in [1.54, 1.807) is 6.07 Å². The minimum absolute atomic E-state index is 0.00740. The minimum Gasteiger partial charge on any atom is -0.380 e. The highest BCUT2D eigenvalue weighted by Gasteiger charge is 2.13. The van der Waals surface area contributed by atoms with E-state index in [4.69, 9.17) is 4.74 Å². The summed E-state index contributed by atoms with van der Waals surface area (Å²) in [5.74, 6) is -0.255. The largest absolute Gasteiger partial charge is 0.380 e. The molecule has 1 heterocycles. The number of aryl methyl sites for hydroxylation is 1. The predicted molar refractivity (Wildman–Crippen MR) is 108 cm³/mol. The van der Waals surface area contributed by atoms with Gasteiger partial charge in [0.2, 0.25) is 0 Å². The Balaban J connectivity index is 1.98. The van der Waals surface area contributed by atoms with Gasteiger partial charge in [0.1, 0.15) is 0 Å². The maximum absolute atomic E-state index is 12.5. The average molecular weight is 399 g/mol. The average Bonchev–Trinajstić information content (AvgIpc) is 3.00. The first kappa shape index (κ1) is 19.9. The number of nitrogens with zero attached hydrogens (tertiary/aromatic N) is 3. The molecule has 7 nitrogen and oxygen atoms in total. The Kier molecular flexibility index (Phi) is 6.33. The predicted octanol–water partition coefficient (Wildman–Crippen LogP) is 3.63. The lowest BCUT2D eigenvalue weighted by atomic mass is 10.1. The molecule has 146 valence electrons. The molecule has 0 atom stereocenters. The molecule has 0 saturated carbocycles. The standard InChI is InChI=1S/C20H21N3O4S/c1-3-27-11-10-22-17-13-16(23(25)26)8-9-18(17)28-20(22)21-19(24)12-15-6-4-14(2)5-7-15/h4-9,13H,3,10-12H2,1-2H3. The van der Waals surface area contributed by atoms with Gasteiger partial charge in [0, 0.05) is 25.3 Å². The van der Waals surface area contributed by atoms with Gasteiger partial charge in [0.15, 0.2) is 4.80 Å². The monoisotopic (exact) mass is 399 g/mol. The van der Waals surface area contributed by atoms with Crippen molar-refractivity contribution in [1.82, 2.24) is 4.57 Å². The van der Waals surface area contributed by atoms with Crippen LogP contribution in [0.25, 0.3) is 10.2 Å². The Bertz CT molecular complexity index is 1070. The topological polar surface area (TPSA) is 86.7 Å². The van der Waals surface area contributed by atoms with E-state index in [0.29, 0.717) is 30.1 Å². The third kappa shape index (κ3) is 4.71. The number of carbonyl (C=O) groups excluding carboxylic acids is 1. The normalized spacial score (nSPS) is 11.9. The van der Waals surface area contributed by atoms with Gasteiger partial charge in [-0.25, -0.2) is 0 Å². The summed E-state index contributed by atoms with van der Waals surface area (Å²) >= 11 is 1.34. The van der Waals surface area contributed by atoms with Gasteiger partial charge >= 0.3 is 0 Å². The molecule has 0 aliphatic heterocycles. The first-order chi connectivity index (χ1) is 13.5. The van der Waals surface area contributed by atoms with Crippen LogP contribution in [-0.2, 0) is 22.5 Å². The number of carbonyl (C=O) groups is 1. The Morgan fingerprint density at radius 1 is 1.25 bits per heavy atom. The molecule has 0 fully saturated rings. The van der Waals surface area contributed by atoms with Crippen LogP contribution >= 0.6 is 11.3 Å². The van der Waals surface area contributed by atoms with Crippen LogP contribution < -0.4 is 4.80 Å². The lowest BCUT2D eigenvalue weighted by Gasteiger charge is -2.05. The van der Waals surface area contributed by atoms with E-state index >= 15 is 0 Å². The van der Waals surface area contributed by atoms with Crippen molar-refractivity contribution in [2.24, 2.45) is 4.99 Å². The highest BCUT2D eigenvalue weighted by Crippen LogP contribution is 2.23. The highest BCUT2D eigenvalue weighted by atomic mass is 32.1. The van der Waals surface area contributed by atoms with E-state index < -0.39 is 4.92 Å². The summed E-state index contributed by atoms with van der Waals surface area (Å²) in [7, 11) is 0. The number of fused-ring (bicyclic) bond motifs is 1. The molecule has 28 heavy (non-hydrogen) atoms. The van der Waals surface area contributed by atoms with Crippen molar-refractivity contribution in [1.29, 1.82) is 0 Å². The molecule has 0 bridgehead atoms. The number of hydrogen-bond acceptors (Lipinski definition) is 5. The van der Waals surface area contributed by atoms with Crippen molar-refractivity contribution >= 4 is 33.1 Å². The fourth-order valence-corrected chi connectivity index (χ4v) is 3.85. The van der Waals surface area contributed by atoms with Crippen molar-refractivity contribution < 1.29 is 14.5 Å². The Morgan fingerprint density at radius 2 is 2.00 bits per heavy atom. The second kappa shape index (κ2) is 8.90. The number of aromatic nitrogens is 1. The van der Waals surface area contributed by atoms with Crippen molar-refractivity contribution in [3.05, 3.63) is 68.5 Å². The smallest absolute Gasteiger partial charge is 0.271 e. The molecule has 0 radical (unpaired) electrons.